The molecule has 0 aromatic heterocycles. The molecule has 138 valence electrons. The Bertz CT molecular complexity index is 482. The Labute approximate surface area is 132 Å². The average molecular weight is 364 g/mol. The lowest BCUT2D eigenvalue weighted by Gasteiger charge is -2.29. The quantitative estimate of drug-likeness (QED) is 0.351. The maximum Gasteiger partial charge on any atom is 0.437 e. The lowest BCUT2D eigenvalue weighted by molar-refractivity contribution is -0.357. The van der Waals surface area contributed by atoms with Gasteiger partial charge in [-0.3, -0.25) is 4.79 Å². The van der Waals surface area contributed by atoms with Crippen LogP contribution < -0.4 is 0 Å². The molecule has 0 aliphatic heterocycles. The van der Waals surface area contributed by atoms with Crippen LogP contribution in [0.15, 0.2) is 12.2 Å². The standard InChI is InChI=1S/C13H14F6O5/c14-12(15,16)11(22,13(17,18)19)10(21)24-7-6-23-9(20)8-4-2-1-3-5-8/h2,4,8,22H,1,3,5-7H2. The van der Waals surface area contributed by atoms with Gasteiger partial charge in [-0.1, -0.05) is 12.2 Å². The summed E-state index contributed by atoms with van der Waals surface area (Å²) in [5.74, 6) is -4.23. The predicted octanol–water partition coefficient (Wildman–Crippen LogP) is 2.28. The SMILES string of the molecule is O=C(OCCOC(=O)C(O)(C(F)(F)F)C(F)(F)F)C1C=CCCC1. The third kappa shape index (κ3) is 4.40. The lowest BCUT2D eigenvalue weighted by Crippen LogP contribution is -2.63. The van der Waals surface area contributed by atoms with Crippen LogP contribution in [0.4, 0.5) is 26.3 Å². The van der Waals surface area contributed by atoms with Gasteiger partial charge in [0.05, 0.1) is 5.92 Å². The van der Waals surface area contributed by atoms with Crippen LogP contribution in [-0.4, -0.2) is 48.2 Å². The fourth-order valence-corrected chi connectivity index (χ4v) is 1.89. The molecule has 0 aromatic rings. The second-order valence-electron chi connectivity index (χ2n) is 4.97. The lowest BCUT2D eigenvalue weighted by atomic mass is 9.96. The van der Waals surface area contributed by atoms with E-state index in [9.17, 15) is 35.9 Å². The molecule has 1 N–H and O–H groups in total. The van der Waals surface area contributed by atoms with Gasteiger partial charge in [-0.15, -0.1) is 0 Å². The number of hydrogen-bond acceptors (Lipinski definition) is 5. The van der Waals surface area contributed by atoms with Crippen molar-refractivity contribution in [2.75, 3.05) is 13.2 Å². The van der Waals surface area contributed by atoms with Crippen molar-refractivity contribution in [2.45, 2.75) is 37.2 Å². The fraction of sp³-hybridized carbons (Fsp3) is 0.692. The van der Waals surface area contributed by atoms with Crippen molar-refractivity contribution in [3.8, 4) is 0 Å². The minimum absolute atomic E-state index is 0.497. The minimum Gasteiger partial charge on any atom is -0.462 e. The molecule has 1 rings (SSSR count). The van der Waals surface area contributed by atoms with E-state index >= 15 is 0 Å². The second-order valence-corrected chi connectivity index (χ2v) is 4.97. The van der Waals surface area contributed by atoms with E-state index in [2.05, 4.69) is 9.47 Å². The number of carbonyl (C=O) groups is 2. The van der Waals surface area contributed by atoms with Crippen molar-refractivity contribution in [3.63, 3.8) is 0 Å². The molecule has 1 unspecified atom stereocenters. The first-order chi connectivity index (χ1) is 10.9. The summed E-state index contributed by atoms with van der Waals surface area (Å²) >= 11 is 0. The van der Waals surface area contributed by atoms with Crippen LogP contribution in [0.3, 0.4) is 0 Å². The molecule has 1 aliphatic carbocycles. The average Bonchev–Trinajstić information content (AvgIpc) is 2.48. The molecule has 0 saturated carbocycles. The first-order valence-electron chi connectivity index (χ1n) is 6.77. The highest BCUT2D eigenvalue weighted by atomic mass is 19.4. The summed E-state index contributed by atoms with van der Waals surface area (Å²) in [6.07, 6.45) is -7.30. The van der Waals surface area contributed by atoms with Crippen LogP contribution in [0, 0.1) is 5.92 Å². The molecule has 0 fully saturated rings. The van der Waals surface area contributed by atoms with E-state index in [1.807, 2.05) is 0 Å². The van der Waals surface area contributed by atoms with Gasteiger partial charge in [-0.05, 0) is 19.3 Å². The Kier molecular flexibility index (Phi) is 6.26. The zero-order valence-corrected chi connectivity index (χ0v) is 12.1. The fourth-order valence-electron chi connectivity index (χ4n) is 1.89. The highest BCUT2D eigenvalue weighted by molar-refractivity contribution is 5.81. The Morgan fingerprint density at radius 3 is 2.04 bits per heavy atom. The normalized spacial score (nSPS) is 19.0. The summed E-state index contributed by atoms with van der Waals surface area (Å²) in [5.41, 5.74) is -5.64. The Morgan fingerprint density at radius 1 is 1.04 bits per heavy atom. The van der Waals surface area contributed by atoms with Crippen molar-refractivity contribution < 1.29 is 50.5 Å². The van der Waals surface area contributed by atoms with Crippen LogP contribution in [0.5, 0.6) is 0 Å². The summed E-state index contributed by atoms with van der Waals surface area (Å²) in [6, 6.07) is 0. The highest BCUT2D eigenvalue weighted by Crippen LogP contribution is 2.43. The largest absolute Gasteiger partial charge is 0.462 e. The van der Waals surface area contributed by atoms with Crippen LogP contribution in [0.2, 0.25) is 0 Å². The molecule has 0 saturated heterocycles. The molecule has 0 spiro atoms. The van der Waals surface area contributed by atoms with E-state index in [0.29, 0.717) is 6.42 Å². The Balaban J connectivity index is 2.54. The molecule has 11 heteroatoms. The molecule has 0 heterocycles. The van der Waals surface area contributed by atoms with Crippen LogP contribution >= 0.6 is 0 Å². The van der Waals surface area contributed by atoms with Gasteiger partial charge in [0.25, 0.3) is 0 Å². The second kappa shape index (κ2) is 7.41. The van der Waals surface area contributed by atoms with Gasteiger partial charge in [-0.2, -0.15) is 26.3 Å². The van der Waals surface area contributed by atoms with Crippen molar-refractivity contribution in [1.82, 2.24) is 0 Å². The van der Waals surface area contributed by atoms with Crippen molar-refractivity contribution >= 4 is 11.9 Å². The highest BCUT2D eigenvalue weighted by Gasteiger charge is 2.76. The number of rotatable bonds is 5. The van der Waals surface area contributed by atoms with E-state index < -0.39 is 49.0 Å². The molecule has 5 nitrogen and oxygen atoms in total. The molecule has 0 amide bonds. The van der Waals surface area contributed by atoms with Gasteiger partial charge < -0.3 is 14.6 Å². The molecule has 1 aliphatic rings. The van der Waals surface area contributed by atoms with Crippen LogP contribution in [-0.2, 0) is 19.1 Å². The number of halogens is 6. The number of aliphatic hydroxyl groups is 1. The smallest absolute Gasteiger partial charge is 0.437 e. The molecular weight excluding hydrogens is 350 g/mol. The van der Waals surface area contributed by atoms with Gasteiger partial charge in [0.1, 0.15) is 13.2 Å². The number of allylic oxidation sites excluding steroid dienone is 1. The van der Waals surface area contributed by atoms with Gasteiger partial charge in [0.15, 0.2) is 0 Å². The number of ether oxygens (including phenoxy) is 2. The topological polar surface area (TPSA) is 72.8 Å². The number of carbonyl (C=O) groups excluding carboxylic acids is 2. The Hall–Kier alpha value is -1.78. The van der Waals surface area contributed by atoms with Crippen molar-refractivity contribution in [2.24, 2.45) is 5.92 Å². The molecule has 0 bridgehead atoms. The molecule has 0 radical (unpaired) electrons. The zero-order chi connectivity index (χ0) is 18.6. The maximum absolute atomic E-state index is 12.4. The van der Waals surface area contributed by atoms with Crippen LogP contribution in [0.25, 0.3) is 0 Å². The third-order valence-corrected chi connectivity index (χ3v) is 3.23. The molecule has 1 atom stereocenters. The van der Waals surface area contributed by atoms with Gasteiger partial charge in [-0.25, -0.2) is 4.79 Å². The van der Waals surface area contributed by atoms with Crippen LogP contribution in [0.1, 0.15) is 19.3 Å². The molecule has 0 aromatic carbocycles. The minimum atomic E-state index is -6.31. The van der Waals surface area contributed by atoms with E-state index in [1.54, 1.807) is 12.2 Å². The summed E-state index contributed by atoms with van der Waals surface area (Å²) < 4.78 is 82.6. The number of hydrogen-bond donors (Lipinski definition) is 1. The number of alkyl halides is 6. The first-order valence-corrected chi connectivity index (χ1v) is 6.77. The van der Waals surface area contributed by atoms with Crippen molar-refractivity contribution in [1.29, 1.82) is 0 Å². The van der Waals surface area contributed by atoms with E-state index in [1.165, 1.54) is 0 Å². The summed E-state index contributed by atoms with van der Waals surface area (Å²) in [4.78, 5) is 22.6. The summed E-state index contributed by atoms with van der Waals surface area (Å²) in [5, 5.41) is 8.72. The van der Waals surface area contributed by atoms with Gasteiger partial charge in [0, 0.05) is 0 Å². The first kappa shape index (κ1) is 20.3. The maximum atomic E-state index is 12.4. The van der Waals surface area contributed by atoms with Crippen molar-refractivity contribution in [3.05, 3.63) is 12.2 Å². The third-order valence-electron chi connectivity index (χ3n) is 3.23. The van der Waals surface area contributed by atoms with Gasteiger partial charge in [0.2, 0.25) is 0 Å². The van der Waals surface area contributed by atoms with E-state index in [-0.39, 0.29) is 0 Å². The zero-order valence-electron chi connectivity index (χ0n) is 12.1. The Morgan fingerprint density at radius 2 is 1.58 bits per heavy atom. The molecular formula is C13H14F6O5. The summed E-state index contributed by atoms with van der Waals surface area (Å²) in [6.45, 7) is -1.80. The predicted molar refractivity (Wildman–Crippen MR) is 65.5 cm³/mol. The number of esters is 2. The molecule has 24 heavy (non-hydrogen) atoms. The van der Waals surface area contributed by atoms with E-state index in [0.717, 1.165) is 12.8 Å². The van der Waals surface area contributed by atoms with E-state index in [4.69, 9.17) is 5.11 Å². The monoisotopic (exact) mass is 364 g/mol. The summed E-state index contributed by atoms with van der Waals surface area (Å²) in [7, 11) is 0. The van der Waals surface area contributed by atoms with Gasteiger partial charge >= 0.3 is 29.9 Å².